The van der Waals surface area contributed by atoms with E-state index in [1.165, 1.54) is 0 Å². The molecule has 5 heteroatoms. The van der Waals surface area contributed by atoms with Gasteiger partial charge < -0.3 is 4.74 Å². The lowest BCUT2D eigenvalue weighted by Crippen LogP contribution is -2.03. The zero-order valence-corrected chi connectivity index (χ0v) is 7.58. The number of halogens is 2. The van der Waals surface area contributed by atoms with Crippen molar-refractivity contribution in [1.29, 1.82) is 0 Å². The largest absolute Gasteiger partial charge is 0.464 e. The van der Waals surface area contributed by atoms with E-state index >= 15 is 0 Å². The fourth-order valence-corrected chi connectivity index (χ4v) is 1.07. The van der Waals surface area contributed by atoms with Crippen LogP contribution in [0.1, 0.15) is 0 Å². The second kappa shape index (κ2) is 5.27. The predicted octanol–water partition coefficient (Wildman–Crippen LogP) is 3.58. The molecule has 0 saturated heterocycles. The summed E-state index contributed by atoms with van der Waals surface area (Å²) in [5.74, 6) is 0.456. The Morgan fingerprint density at radius 2 is 1.67 bits per heavy atom. The van der Waals surface area contributed by atoms with Crippen LogP contribution in [0.2, 0.25) is 0 Å². The Balaban J connectivity index is 2.51. The van der Waals surface area contributed by atoms with Crippen LogP contribution in [-0.2, 0) is 0 Å². The first-order valence-corrected chi connectivity index (χ1v) is 4.69. The van der Waals surface area contributed by atoms with E-state index in [1.807, 2.05) is 0 Å². The fourth-order valence-electron chi connectivity index (χ4n) is 0.660. The Labute approximate surface area is 78.1 Å². The van der Waals surface area contributed by atoms with Crippen molar-refractivity contribution in [3.63, 3.8) is 0 Å². The van der Waals surface area contributed by atoms with Gasteiger partial charge in [0.2, 0.25) is 0 Å². The SMILES string of the molecule is FSC(Oc1ccccc1)SF. The maximum absolute atomic E-state index is 11.9. The van der Waals surface area contributed by atoms with Gasteiger partial charge in [0.1, 0.15) is 30.0 Å². The van der Waals surface area contributed by atoms with Gasteiger partial charge in [0, 0.05) is 0 Å². The first-order chi connectivity index (χ1) is 5.86. The molecule has 0 aliphatic carbocycles. The molecule has 0 fully saturated rings. The van der Waals surface area contributed by atoms with Crippen molar-refractivity contribution >= 4 is 24.3 Å². The highest BCUT2D eigenvalue weighted by molar-refractivity contribution is 8.12. The lowest BCUT2D eigenvalue weighted by molar-refractivity contribution is 0.358. The lowest BCUT2D eigenvalue weighted by atomic mass is 10.3. The molecule has 1 aromatic carbocycles. The van der Waals surface area contributed by atoms with Crippen LogP contribution in [0.15, 0.2) is 30.3 Å². The highest BCUT2D eigenvalue weighted by Crippen LogP contribution is 2.28. The van der Waals surface area contributed by atoms with Gasteiger partial charge in [-0.15, -0.1) is 0 Å². The molecule has 0 atom stereocenters. The monoisotopic (exact) mass is 208 g/mol. The van der Waals surface area contributed by atoms with E-state index in [0.29, 0.717) is 5.75 Å². The molecule has 0 radical (unpaired) electrons. The Morgan fingerprint density at radius 3 is 2.17 bits per heavy atom. The van der Waals surface area contributed by atoms with Crippen molar-refractivity contribution in [1.82, 2.24) is 0 Å². The molecule has 0 bridgehead atoms. The molecule has 0 unspecified atom stereocenters. The first-order valence-electron chi connectivity index (χ1n) is 3.13. The molecule has 0 aliphatic rings. The minimum atomic E-state index is -1.13. The second-order valence-electron chi connectivity index (χ2n) is 1.90. The van der Waals surface area contributed by atoms with Crippen molar-refractivity contribution in [2.45, 2.75) is 4.77 Å². The van der Waals surface area contributed by atoms with Crippen molar-refractivity contribution in [3.05, 3.63) is 30.3 Å². The van der Waals surface area contributed by atoms with Gasteiger partial charge in [0.05, 0.1) is 0 Å². The molecule has 1 aromatic rings. The molecule has 1 nitrogen and oxygen atoms in total. The standard InChI is InChI=1S/C7H6F2OS2/c8-11-7(12-9)10-6-4-2-1-3-5-6/h1-5,7H. The summed E-state index contributed by atoms with van der Waals surface area (Å²) in [6.45, 7) is 0. The lowest BCUT2D eigenvalue weighted by Gasteiger charge is -2.08. The summed E-state index contributed by atoms with van der Waals surface area (Å²) in [4.78, 5) is 0. The van der Waals surface area contributed by atoms with E-state index < -0.39 is 4.77 Å². The van der Waals surface area contributed by atoms with Gasteiger partial charge in [0.25, 0.3) is 4.77 Å². The smallest absolute Gasteiger partial charge is 0.250 e. The molecule has 1 rings (SSSR count). The summed E-state index contributed by atoms with van der Waals surface area (Å²) in [5, 5.41) is 0. The van der Waals surface area contributed by atoms with Crippen molar-refractivity contribution < 1.29 is 12.5 Å². The normalized spacial score (nSPS) is 10.2. The summed E-state index contributed by atoms with van der Waals surface area (Å²) in [5.41, 5.74) is 0. The van der Waals surface area contributed by atoms with Crippen molar-refractivity contribution in [2.75, 3.05) is 0 Å². The predicted molar refractivity (Wildman–Crippen MR) is 48.3 cm³/mol. The van der Waals surface area contributed by atoms with E-state index in [1.54, 1.807) is 30.3 Å². The highest BCUT2D eigenvalue weighted by Gasteiger charge is 2.11. The zero-order chi connectivity index (χ0) is 8.81. The summed E-state index contributed by atoms with van der Waals surface area (Å²) < 4.78 is 27.5. The molecular formula is C7H6F2OS2. The summed E-state index contributed by atoms with van der Waals surface area (Å²) in [6, 6.07) is 8.54. The maximum Gasteiger partial charge on any atom is 0.250 e. The average Bonchev–Trinajstić information content (AvgIpc) is 2.16. The number of benzene rings is 1. The number of ether oxygens (including phenoxy) is 1. The second-order valence-corrected chi connectivity index (χ2v) is 3.41. The van der Waals surface area contributed by atoms with Crippen LogP contribution >= 0.6 is 24.3 Å². The van der Waals surface area contributed by atoms with E-state index in [9.17, 15) is 7.77 Å². The van der Waals surface area contributed by atoms with Crippen LogP contribution in [0.25, 0.3) is 0 Å². The molecule has 0 N–H and O–H groups in total. The Hall–Kier alpha value is -0.420. The molecule has 66 valence electrons. The van der Waals surface area contributed by atoms with E-state index in [0.717, 1.165) is 0 Å². The Bertz CT molecular complexity index is 216. The van der Waals surface area contributed by atoms with Gasteiger partial charge in [-0.2, -0.15) is 7.77 Å². The minimum absolute atomic E-state index is 0.170. The van der Waals surface area contributed by atoms with Gasteiger partial charge in [-0.05, 0) is 12.1 Å². The Kier molecular flexibility index (Phi) is 4.24. The van der Waals surface area contributed by atoms with Crippen LogP contribution in [0.5, 0.6) is 5.75 Å². The number of hydrogen-bond donors (Lipinski definition) is 0. The van der Waals surface area contributed by atoms with Gasteiger partial charge in [-0.1, -0.05) is 18.2 Å². The van der Waals surface area contributed by atoms with Crippen LogP contribution in [0, 0.1) is 0 Å². The van der Waals surface area contributed by atoms with Crippen LogP contribution < -0.4 is 4.74 Å². The maximum atomic E-state index is 11.9. The van der Waals surface area contributed by atoms with E-state index in [-0.39, 0.29) is 24.3 Å². The highest BCUT2D eigenvalue weighted by atomic mass is 32.2. The topological polar surface area (TPSA) is 9.23 Å². The summed E-state index contributed by atoms with van der Waals surface area (Å²) in [6.07, 6.45) is 0. The molecule has 0 heterocycles. The average molecular weight is 208 g/mol. The van der Waals surface area contributed by atoms with Crippen LogP contribution in [-0.4, -0.2) is 4.77 Å². The van der Waals surface area contributed by atoms with Gasteiger partial charge in [-0.25, -0.2) is 0 Å². The number of para-hydroxylation sites is 1. The van der Waals surface area contributed by atoms with Crippen molar-refractivity contribution in [3.8, 4) is 5.75 Å². The molecule has 0 aromatic heterocycles. The van der Waals surface area contributed by atoms with Crippen LogP contribution in [0.3, 0.4) is 0 Å². The molecule has 0 saturated carbocycles. The van der Waals surface area contributed by atoms with Gasteiger partial charge in [0.15, 0.2) is 0 Å². The first kappa shape index (κ1) is 9.67. The number of rotatable bonds is 4. The third-order valence-electron chi connectivity index (χ3n) is 1.12. The summed E-state index contributed by atoms with van der Waals surface area (Å²) in [7, 11) is 0. The molecule has 0 aliphatic heterocycles. The van der Waals surface area contributed by atoms with Gasteiger partial charge >= 0.3 is 0 Å². The quantitative estimate of drug-likeness (QED) is 0.700. The molecule has 0 amide bonds. The molecule has 0 spiro atoms. The Morgan fingerprint density at radius 1 is 1.08 bits per heavy atom. The van der Waals surface area contributed by atoms with E-state index in [2.05, 4.69) is 0 Å². The van der Waals surface area contributed by atoms with Gasteiger partial charge in [-0.3, -0.25) is 0 Å². The molecule has 12 heavy (non-hydrogen) atoms. The van der Waals surface area contributed by atoms with E-state index in [4.69, 9.17) is 4.74 Å². The van der Waals surface area contributed by atoms with Crippen molar-refractivity contribution in [2.24, 2.45) is 0 Å². The molecular weight excluding hydrogens is 202 g/mol. The summed E-state index contributed by atoms with van der Waals surface area (Å²) >= 11 is -0.339. The third kappa shape index (κ3) is 2.91. The minimum Gasteiger partial charge on any atom is -0.464 e. The third-order valence-corrected chi connectivity index (χ3v) is 2.04. The fraction of sp³-hybridized carbons (Fsp3) is 0.143. The zero-order valence-electron chi connectivity index (χ0n) is 5.94. The van der Waals surface area contributed by atoms with Crippen LogP contribution in [0.4, 0.5) is 7.77 Å². The number of hydrogen-bond acceptors (Lipinski definition) is 3.